The molecule has 0 amide bonds. The van der Waals surface area contributed by atoms with E-state index in [-0.39, 0.29) is 12.4 Å². The van der Waals surface area contributed by atoms with Crippen molar-refractivity contribution in [1.29, 1.82) is 0 Å². The van der Waals surface area contributed by atoms with Crippen LogP contribution in [0, 0.1) is 5.82 Å². The summed E-state index contributed by atoms with van der Waals surface area (Å²) in [5, 5.41) is 11.8. The first-order valence-electron chi connectivity index (χ1n) is 5.85. The number of halogens is 3. The van der Waals surface area contributed by atoms with E-state index in [9.17, 15) is 4.39 Å². The topological polar surface area (TPSA) is 67.8 Å². The molecule has 3 N–H and O–H groups in total. The van der Waals surface area contributed by atoms with Gasteiger partial charge in [-0.05, 0) is 24.3 Å². The molecule has 0 saturated heterocycles. The lowest BCUT2D eigenvalue weighted by Crippen LogP contribution is -2.13. The molecule has 0 aromatic heterocycles. The molecule has 0 bridgehead atoms. The van der Waals surface area contributed by atoms with E-state index >= 15 is 0 Å². The minimum atomic E-state index is -0.509. The lowest BCUT2D eigenvalue weighted by Gasteiger charge is -2.10. The quantitative estimate of drug-likeness (QED) is 0.369. The van der Waals surface area contributed by atoms with Gasteiger partial charge in [-0.25, -0.2) is 4.39 Å². The summed E-state index contributed by atoms with van der Waals surface area (Å²) in [6.07, 6.45) is 0. The molecule has 0 radical (unpaired) electrons. The molecule has 0 saturated carbocycles. The third-order valence-electron chi connectivity index (χ3n) is 2.73. The van der Waals surface area contributed by atoms with Gasteiger partial charge in [-0.2, -0.15) is 0 Å². The van der Waals surface area contributed by atoms with Crippen molar-refractivity contribution >= 4 is 33.4 Å². The first-order valence-corrected chi connectivity index (χ1v) is 7.02. The summed E-state index contributed by atoms with van der Waals surface area (Å²) in [4.78, 5) is 0. The molecule has 4 nitrogen and oxygen atoms in total. The molecule has 2 aromatic rings. The zero-order valence-electron chi connectivity index (χ0n) is 10.7. The van der Waals surface area contributed by atoms with Crippen LogP contribution in [0.4, 0.5) is 4.39 Å². The van der Waals surface area contributed by atoms with Gasteiger partial charge in [0.1, 0.15) is 18.2 Å². The maximum atomic E-state index is 13.9. The predicted molar refractivity (Wildman–Crippen MR) is 82.4 cm³/mol. The molecule has 0 fully saturated rings. The third-order valence-corrected chi connectivity index (χ3v) is 3.54. The van der Waals surface area contributed by atoms with Gasteiger partial charge in [-0.1, -0.05) is 44.8 Å². The number of nitrogens with zero attached hydrogens (tertiary/aromatic N) is 1. The molecule has 0 aliphatic carbocycles. The Morgan fingerprint density at radius 2 is 2.10 bits per heavy atom. The number of hydrogen-bond acceptors (Lipinski definition) is 3. The van der Waals surface area contributed by atoms with Crippen LogP contribution in [-0.4, -0.2) is 11.0 Å². The molecule has 0 heterocycles. The van der Waals surface area contributed by atoms with Crippen molar-refractivity contribution in [2.45, 2.75) is 6.61 Å². The average Bonchev–Trinajstić information content (AvgIpc) is 2.48. The zero-order valence-corrected chi connectivity index (χ0v) is 13.0. The van der Waals surface area contributed by atoms with Gasteiger partial charge >= 0.3 is 0 Å². The van der Waals surface area contributed by atoms with Crippen molar-refractivity contribution in [3.8, 4) is 5.75 Å². The molecular formula is C14H11BrClFN2O2. The van der Waals surface area contributed by atoms with E-state index in [0.717, 1.165) is 4.47 Å². The maximum Gasteiger partial charge on any atom is 0.170 e. The molecule has 21 heavy (non-hydrogen) atoms. The van der Waals surface area contributed by atoms with E-state index in [0.29, 0.717) is 21.9 Å². The van der Waals surface area contributed by atoms with Gasteiger partial charge in [0.15, 0.2) is 5.84 Å². The molecule has 0 unspecified atom stereocenters. The highest BCUT2D eigenvalue weighted by molar-refractivity contribution is 9.10. The smallest absolute Gasteiger partial charge is 0.170 e. The van der Waals surface area contributed by atoms with E-state index in [2.05, 4.69) is 21.1 Å². The Morgan fingerprint density at radius 1 is 1.33 bits per heavy atom. The molecule has 0 aliphatic heterocycles. The van der Waals surface area contributed by atoms with Crippen molar-refractivity contribution < 1.29 is 14.3 Å². The fraction of sp³-hybridized carbons (Fsp3) is 0.0714. The van der Waals surface area contributed by atoms with Crippen LogP contribution in [0.3, 0.4) is 0 Å². The van der Waals surface area contributed by atoms with E-state index < -0.39 is 5.82 Å². The number of amidine groups is 1. The van der Waals surface area contributed by atoms with E-state index in [1.54, 1.807) is 24.3 Å². The minimum Gasteiger partial charge on any atom is -0.487 e. The SMILES string of the molecule is NC(=NO)c1ccc(COc2cc(Br)ccc2Cl)c(F)c1. The molecule has 2 aromatic carbocycles. The lowest BCUT2D eigenvalue weighted by atomic mass is 10.1. The monoisotopic (exact) mass is 372 g/mol. The average molecular weight is 374 g/mol. The second-order valence-corrected chi connectivity index (χ2v) is 5.48. The van der Waals surface area contributed by atoms with Crippen molar-refractivity contribution in [3.63, 3.8) is 0 Å². The predicted octanol–water partition coefficient (Wildman–Crippen LogP) is 3.92. The summed E-state index contributed by atoms with van der Waals surface area (Å²) in [5.74, 6) is -0.215. The summed E-state index contributed by atoms with van der Waals surface area (Å²) in [6, 6.07) is 9.38. The Hall–Kier alpha value is -1.79. The second kappa shape index (κ2) is 6.78. The summed E-state index contributed by atoms with van der Waals surface area (Å²) in [7, 11) is 0. The maximum absolute atomic E-state index is 13.9. The Labute approximate surface area is 134 Å². The van der Waals surface area contributed by atoms with Crippen LogP contribution >= 0.6 is 27.5 Å². The van der Waals surface area contributed by atoms with Crippen LogP contribution in [0.15, 0.2) is 46.0 Å². The third kappa shape index (κ3) is 3.86. The fourth-order valence-corrected chi connectivity index (χ4v) is 2.14. The summed E-state index contributed by atoms with van der Waals surface area (Å²) in [5.41, 5.74) is 6.02. The van der Waals surface area contributed by atoms with Crippen LogP contribution in [0.1, 0.15) is 11.1 Å². The summed E-state index contributed by atoms with van der Waals surface area (Å²) < 4.78 is 20.2. The number of ether oxygens (including phenoxy) is 1. The van der Waals surface area contributed by atoms with Gasteiger partial charge < -0.3 is 15.7 Å². The Balaban J connectivity index is 2.15. The van der Waals surface area contributed by atoms with Gasteiger partial charge in [-0.3, -0.25) is 0 Å². The van der Waals surface area contributed by atoms with Crippen molar-refractivity contribution in [2.75, 3.05) is 0 Å². The molecule has 0 aliphatic rings. The Kier molecular flexibility index (Phi) is 5.03. The second-order valence-electron chi connectivity index (χ2n) is 4.15. The molecule has 2 rings (SSSR count). The highest BCUT2D eigenvalue weighted by atomic mass is 79.9. The molecule has 0 spiro atoms. The van der Waals surface area contributed by atoms with Crippen LogP contribution in [-0.2, 0) is 6.61 Å². The largest absolute Gasteiger partial charge is 0.487 e. The number of nitrogens with two attached hydrogens (primary N) is 1. The van der Waals surface area contributed by atoms with Crippen molar-refractivity contribution in [2.24, 2.45) is 10.9 Å². The Bertz CT molecular complexity index is 695. The standard InChI is InChI=1S/C14H11BrClFN2O2/c15-10-3-4-11(16)13(6-10)21-7-9-2-1-8(5-12(9)17)14(18)19-20/h1-6,20H,7H2,(H2,18,19). The molecular weight excluding hydrogens is 363 g/mol. The highest BCUT2D eigenvalue weighted by Gasteiger charge is 2.09. The van der Waals surface area contributed by atoms with Crippen LogP contribution < -0.4 is 10.5 Å². The summed E-state index contributed by atoms with van der Waals surface area (Å²) in [6.45, 7) is 0.0124. The van der Waals surface area contributed by atoms with Gasteiger partial charge in [-0.15, -0.1) is 0 Å². The first-order chi connectivity index (χ1) is 10.0. The van der Waals surface area contributed by atoms with Gasteiger partial charge in [0.05, 0.1) is 5.02 Å². The highest BCUT2D eigenvalue weighted by Crippen LogP contribution is 2.28. The minimum absolute atomic E-state index is 0.0124. The molecule has 0 atom stereocenters. The number of hydrogen-bond donors (Lipinski definition) is 2. The van der Waals surface area contributed by atoms with Crippen LogP contribution in [0.2, 0.25) is 5.02 Å². The normalized spacial score (nSPS) is 11.5. The summed E-state index contributed by atoms with van der Waals surface area (Å²) >= 11 is 9.30. The van der Waals surface area contributed by atoms with Crippen molar-refractivity contribution in [3.05, 3.63) is 62.8 Å². The number of oxime groups is 1. The first kappa shape index (κ1) is 15.6. The number of benzene rings is 2. The van der Waals surface area contributed by atoms with Crippen LogP contribution in [0.5, 0.6) is 5.75 Å². The van der Waals surface area contributed by atoms with E-state index in [1.165, 1.54) is 12.1 Å². The van der Waals surface area contributed by atoms with Gasteiger partial charge in [0, 0.05) is 15.6 Å². The van der Waals surface area contributed by atoms with Gasteiger partial charge in [0.25, 0.3) is 0 Å². The van der Waals surface area contributed by atoms with E-state index in [4.69, 9.17) is 27.3 Å². The fourth-order valence-electron chi connectivity index (χ4n) is 1.62. The Morgan fingerprint density at radius 3 is 2.76 bits per heavy atom. The molecule has 7 heteroatoms. The zero-order chi connectivity index (χ0) is 15.4. The number of rotatable bonds is 4. The van der Waals surface area contributed by atoms with Gasteiger partial charge in [0.2, 0.25) is 0 Å². The molecule has 110 valence electrons. The lowest BCUT2D eigenvalue weighted by molar-refractivity contribution is 0.300. The van der Waals surface area contributed by atoms with E-state index in [1.807, 2.05) is 0 Å². The van der Waals surface area contributed by atoms with Crippen molar-refractivity contribution in [1.82, 2.24) is 0 Å². The van der Waals surface area contributed by atoms with Crippen LogP contribution in [0.25, 0.3) is 0 Å².